The van der Waals surface area contributed by atoms with Gasteiger partial charge < -0.3 is 10.4 Å². The van der Waals surface area contributed by atoms with Gasteiger partial charge in [-0.2, -0.15) is 0 Å². The molecule has 0 saturated heterocycles. The highest BCUT2D eigenvalue weighted by Crippen LogP contribution is 2.28. The Morgan fingerprint density at radius 3 is 2.29 bits per heavy atom. The van der Waals surface area contributed by atoms with Crippen molar-refractivity contribution in [2.45, 2.75) is 84.1 Å². The van der Waals surface area contributed by atoms with Gasteiger partial charge in [0.15, 0.2) is 0 Å². The van der Waals surface area contributed by atoms with Crippen molar-refractivity contribution in [2.24, 2.45) is 0 Å². The van der Waals surface area contributed by atoms with Gasteiger partial charge >= 0.3 is 0 Å². The second-order valence-corrected chi connectivity index (χ2v) is 6.50. The van der Waals surface area contributed by atoms with E-state index in [-0.39, 0.29) is 5.54 Å². The monoisotopic (exact) mass is 291 g/mol. The molecule has 21 heavy (non-hydrogen) atoms. The van der Waals surface area contributed by atoms with Gasteiger partial charge in [0.1, 0.15) is 5.75 Å². The number of benzene rings is 1. The lowest BCUT2D eigenvalue weighted by Gasteiger charge is -2.32. The van der Waals surface area contributed by atoms with Crippen LogP contribution in [0.4, 0.5) is 5.69 Å². The Labute approximate surface area is 131 Å². The van der Waals surface area contributed by atoms with Crippen LogP contribution < -0.4 is 5.32 Å². The van der Waals surface area contributed by atoms with Crippen LogP contribution in [0.1, 0.15) is 78.6 Å². The van der Waals surface area contributed by atoms with E-state index in [4.69, 9.17) is 0 Å². The summed E-state index contributed by atoms with van der Waals surface area (Å²) in [5, 5.41) is 13.3. The summed E-state index contributed by atoms with van der Waals surface area (Å²) < 4.78 is 0. The second kappa shape index (κ2) is 9.70. The van der Waals surface area contributed by atoms with Crippen LogP contribution in [-0.2, 0) is 0 Å². The summed E-state index contributed by atoms with van der Waals surface area (Å²) in [6.07, 6.45) is 11.5. The van der Waals surface area contributed by atoms with Crippen LogP contribution in [0.2, 0.25) is 0 Å². The third-order valence-electron chi connectivity index (χ3n) is 4.21. The van der Waals surface area contributed by atoms with E-state index in [1.54, 1.807) is 6.07 Å². The van der Waals surface area contributed by atoms with Gasteiger partial charge in [0.25, 0.3) is 0 Å². The van der Waals surface area contributed by atoms with Crippen LogP contribution in [0.5, 0.6) is 5.75 Å². The number of nitrogens with one attached hydrogen (secondary N) is 1. The van der Waals surface area contributed by atoms with Crippen LogP contribution in [0.3, 0.4) is 0 Å². The van der Waals surface area contributed by atoms with Gasteiger partial charge in [0.2, 0.25) is 0 Å². The molecule has 2 nitrogen and oxygen atoms in total. The van der Waals surface area contributed by atoms with Gasteiger partial charge in [0, 0.05) is 17.3 Å². The normalized spacial score (nSPS) is 13.9. The van der Waals surface area contributed by atoms with Crippen LogP contribution in [0.15, 0.2) is 24.3 Å². The summed E-state index contributed by atoms with van der Waals surface area (Å²) in [6, 6.07) is 7.49. The van der Waals surface area contributed by atoms with Crippen molar-refractivity contribution in [3.05, 3.63) is 24.3 Å². The zero-order chi connectivity index (χ0) is 15.6. The molecule has 1 unspecified atom stereocenters. The minimum Gasteiger partial charge on any atom is -0.508 e. The maximum atomic E-state index is 9.62. The number of hydrogen-bond donors (Lipinski definition) is 2. The molecule has 0 saturated carbocycles. The lowest BCUT2D eigenvalue weighted by molar-refractivity contribution is 0.400. The molecule has 0 aliphatic carbocycles. The van der Waals surface area contributed by atoms with Gasteiger partial charge in [0.05, 0.1) is 0 Å². The first-order valence-electron chi connectivity index (χ1n) is 8.67. The number of phenolic OH excluding ortho intramolecular Hbond substituents is 1. The minimum absolute atomic E-state index is 0.135. The number of anilines is 1. The van der Waals surface area contributed by atoms with E-state index in [0.29, 0.717) is 5.75 Å². The minimum atomic E-state index is 0.135. The molecule has 2 N–H and O–H groups in total. The van der Waals surface area contributed by atoms with Crippen LogP contribution in [0, 0.1) is 0 Å². The van der Waals surface area contributed by atoms with E-state index < -0.39 is 0 Å². The average molecular weight is 291 g/mol. The smallest absolute Gasteiger partial charge is 0.117 e. The quantitative estimate of drug-likeness (QED) is 0.482. The van der Waals surface area contributed by atoms with Gasteiger partial charge in [-0.1, -0.05) is 64.9 Å². The molecule has 0 aliphatic heterocycles. The van der Waals surface area contributed by atoms with Gasteiger partial charge in [-0.25, -0.2) is 0 Å². The van der Waals surface area contributed by atoms with Crippen molar-refractivity contribution in [1.82, 2.24) is 0 Å². The molecule has 0 heterocycles. The van der Waals surface area contributed by atoms with Crippen LogP contribution >= 0.6 is 0 Å². The Kier molecular flexibility index (Phi) is 8.26. The predicted molar refractivity (Wildman–Crippen MR) is 93.0 cm³/mol. The van der Waals surface area contributed by atoms with Gasteiger partial charge in [-0.05, 0) is 31.9 Å². The lowest BCUT2D eigenvalue weighted by atomic mass is 9.88. The van der Waals surface area contributed by atoms with Crippen molar-refractivity contribution < 1.29 is 5.11 Å². The molecule has 2 heteroatoms. The average Bonchev–Trinajstić information content (AvgIpc) is 2.45. The topological polar surface area (TPSA) is 32.3 Å². The van der Waals surface area contributed by atoms with Crippen LogP contribution in [0.25, 0.3) is 0 Å². The Bertz CT molecular complexity index is 391. The highest BCUT2D eigenvalue weighted by Gasteiger charge is 2.22. The number of phenols is 1. The Hall–Kier alpha value is -1.18. The summed E-state index contributed by atoms with van der Waals surface area (Å²) in [6.45, 7) is 6.83. The molecule has 120 valence electrons. The Balaban J connectivity index is 2.55. The predicted octanol–water partition coefficient (Wildman–Crippen LogP) is 6.11. The standard InChI is InChI=1S/C19H33NO/c1-4-6-8-9-10-15-19(3,14-7-5-2)20-17-12-11-13-18(21)16-17/h11-13,16,20-21H,4-10,14-15H2,1-3H3. The summed E-state index contributed by atoms with van der Waals surface area (Å²) in [5.41, 5.74) is 1.16. The van der Waals surface area contributed by atoms with E-state index in [1.807, 2.05) is 18.2 Å². The van der Waals surface area contributed by atoms with Crippen molar-refractivity contribution in [2.75, 3.05) is 5.32 Å². The van der Waals surface area contributed by atoms with E-state index in [1.165, 1.54) is 57.8 Å². The third kappa shape index (κ3) is 7.40. The van der Waals surface area contributed by atoms with Crippen molar-refractivity contribution >= 4 is 5.69 Å². The lowest BCUT2D eigenvalue weighted by Crippen LogP contribution is -2.34. The fourth-order valence-electron chi connectivity index (χ4n) is 2.87. The summed E-state index contributed by atoms with van der Waals surface area (Å²) in [7, 11) is 0. The third-order valence-corrected chi connectivity index (χ3v) is 4.21. The number of unbranched alkanes of at least 4 members (excludes halogenated alkanes) is 5. The summed E-state index contributed by atoms with van der Waals surface area (Å²) in [5.74, 6) is 0.334. The molecule has 1 aromatic rings. The first-order chi connectivity index (χ1) is 10.1. The molecule has 0 spiro atoms. The van der Waals surface area contributed by atoms with Gasteiger partial charge in [-0.3, -0.25) is 0 Å². The Morgan fingerprint density at radius 2 is 1.62 bits per heavy atom. The van der Waals surface area contributed by atoms with Crippen molar-refractivity contribution in [3.63, 3.8) is 0 Å². The molecule has 0 radical (unpaired) electrons. The maximum absolute atomic E-state index is 9.62. The molecule has 0 aromatic heterocycles. The first-order valence-corrected chi connectivity index (χ1v) is 8.67. The van der Waals surface area contributed by atoms with Crippen molar-refractivity contribution in [1.29, 1.82) is 0 Å². The van der Waals surface area contributed by atoms with E-state index in [2.05, 4.69) is 26.1 Å². The Morgan fingerprint density at radius 1 is 0.952 bits per heavy atom. The van der Waals surface area contributed by atoms with Crippen LogP contribution in [-0.4, -0.2) is 10.6 Å². The molecule has 1 rings (SSSR count). The molecule has 0 aliphatic rings. The summed E-state index contributed by atoms with van der Waals surface area (Å²) >= 11 is 0. The number of rotatable bonds is 11. The number of aromatic hydroxyl groups is 1. The molecular weight excluding hydrogens is 258 g/mol. The highest BCUT2D eigenvalue weighted by molar-refractivity contribution is 5.49. The SMILES string of the molecule is CCCCCCCC(C)(CCCC)Nc1cccc(O)c1. The molecule has 0 bridgehead atoms. The zero-order valence-electron chi connectivity index (χ0n) is 14.1. The highest BCUT2D eigenvalue weighted by atomic mass is 16.3. The molecule has 0 amide bonds. The fourth-order valence-corrected chi connectivity index (χ4v) is 2.87. The fraction of sp³-hybridized carbons (Fsp3) is 0.684. The van der Waals surface area contributed by atoms with E-state index in [0.717, 1.165) is 5.69 Å². The summed E-state index contributed by atoms with van der Waals surface area (Å²) in [4.78, 5) is 0. The zero-order valence-corrected chi connectivity index (χ0v) is 14.1. The van der Waals surface area contributed by atoms with E-state index in [9.17, 15) is 5.11 Å². The molecule has 1 atom stereocenters. The molecular formula is C19H33NO. The number of hydrogen-bond acceptors (Lipinski definition) is 2. The van der Waals surface area contributed by atoms with Gasteiger partial charge in [-0.15, -0.1) is 0 Å². The molecule has 0 fully saturated rings. The molecule has 1 aromatic carbocycles. The first kappa shape index (κ1) is 17.9. The van der Waals surface area contributed by atoms with Crippen molar-refractivity contribution in [3.8, 4) is 5.75 Å². The maximum Gasteiger partial charge on any atom is 0.117 e. The largest absolute Gasteiger partial charge is 0.508 e. The second-order valence-electron chi connectivity index (χ2n) is 6.50. The van der Waals surface area contributed by atoms with E-state index >= 15 is 0 Å².